The molecule has 0 radical (unpaired) electrons. The van der Waals surface area contributed by atoms with Crippen LogP contribution in [0.5, 0.6) is 5.75 Å². The summed E-state index contributed by atoms with van der Waals surface area (Å²) in [6.07, 6.45) is 0.697. The highest BCUT2D eigenvalue weighted by atomic mass is 32.2. The lowest BCUT2D eigenvalue weighted by Gasteiger charge is -2.02. The molecule has 0 spiro atoms. The Morgan fingerprint density at radius 2 is 2.24 bits per heavy atom. The summed E-state index contributed by atoms with van der Waals surface area (Å²) in [6.45, 7) is 0. The monoisotopic (exact) mass is 251 g/mol. The van der Waals surface area contributed by atoms with E-state index in [2.05, 4.69) is 4.99 Å². The second-order valence-electron chi connectivity index (χ2n) is 3.85. The van der Waals surface area contributed by atoms with Crippen molar-refractivity contribution in [3.05, 3.63) is 29.8 Å². The maximum Gasteiger partial charge on any atom is 0.303 e. The molecule has 17 heavy (non-hydrogen) atoms. The Morgan fingerprint density at radius 1 is 1.47 bits per heavy atom. The van der Waals surface area contributed by atoms with Crippen LogP contribution in [0, 0.1) is 0 Å². The number of phenolic OH excluding ortho intramolecular Hbond substituents is 1. The van der Waals surface area contributed by atoms with Gasteiger partial charge in [-0.2, -0.15) is 0 Å². The van der Waals surface area contributed by atoms with Crippen molar-refractivity contribution in [3.63, 3.8) is 0 Å². The van der Waals surface area contributed by atoms with Crippen molar-refractivity contribution in [2.24, 2.45) is 4.99 Å². The second kappa shape index (κ2) is 5.23. The molecule has 4 nitrogen and oxygen atoms in total. The van der Waals surface area contributed by atoms with Gasteiger partial charge in [-0.25, -0.2) is 0 Å². The molecule has 0 saturated carbocycles. The lowest BCUT2D eigenvalue weighted by molar-refractivity contribution is -0.137. The van der Waals surface area contributed by atoms with Gasteiger partial charge in [-0.15, -0.1) is 11.8 Å². The molecule has 1 aromatic rings. The van der Waals surface area contributed by atoms with Crippen LogP contribution in [-0.4, -0.2) is 33.0 Å². The third-order valence-corrected chi connectivity index (χ3v) is 3.69. The van der Waals surface area contributed by atoms with E-state index in [0.717, 1.165) is 16.4 Å². The predicted octanol–water partition coefficient (Wildman–Crippen LogP) is 2.12. The fourth-order valence-electron chi connectivity index (χ4n) is 1.66. The number of benzene rings is 1. The van der Waals surface area contributed by atoms with Gasteiger partial charge in [0.25, 0.3) is 0 Å². The fraction of sp³-hybridized carbons (Fsp3) is 0.333. The summed E-state index contributed by atoms with van der Waals surface area (Å²) >= 11 is 1.57. The molecule has 1 aromatic carbocycles. The molecule has 0 aromatic heterocycles. The zero-order chi connectivity index (χ0) is 12.3. The Labute approximate surface area is 103 Å². The third-order valence-electron chi connectivity index (χ3n) is 2.54. The van der Waals surface area contributed by atoms with Crippen molar-refractivity contribution < 1.29 is 15.0 Å². The van der Waals surface area contributed by atoms with Gasteiger partial charge in [0.05, 0.1) is 6.04 Å². The molecule has 1 aliphatic rings. The summed E-state index contributed by atoms with van der Waals surface area (Å²) in [5.74, 6) is 0.218. The smallest absolute Gasteiger partial charge is 0.303 e. The van der Waals surface area contributed by atoms with Crippen molar-refractivity contribution in [2.45, 2.75) is 18.9 Å². The minimum absolute atomic E-state index is 0.0470. The molecular formula is C12H13NO3S. The van der Waals surface area contributed by atoms with Crippen LogP contribution in [0.2, 0.25) is 0 Å². The van der Waals surface area contributed by atoms with E-state index in [4.69, 9.17) is 5.11 Å². The van der Waals surface area contributed by atoms with E-state index in [0.29, 0.717) is 6.42 Å². The van der Waals surface area contributed by atoms with E-state index in [1.807, 2.05) is 12.1 Å². The molecular weight excluding hydrogens is 238 g/mol. The number of nitrogens with zero attached hydrogens (tertiary/aromatic N) is 1. The van der Waals surface area contributed by atoms with Gasteiger partial charge in [0.15, 0.2) is 0 Å². The second-order valence-corrected chi connectivity index (χ2v) is 4.86. The lowest BCUT2D eigenvalue weighted by atomic mass is 10.2. The third kappa shape index (κ3) is 3.00. The Balaban J connectivity index is 2.06. The van der Waals surface area contributed by atoms with Gasteiger partial charge in [0, 0.05) is 17.7 Å². The molecule has 5 heteroatoms. The van der Waals surface area contributed by atoms with Crippen molar-refractivity contribution in [3.8, 4) is 5.75 Å². The van der Waals surface area contributed by atoms with E-state index < -0.39 is 5.97 Å². The number of carboxylic acid groups (broad SMARTS) is 1. The molecule has 0 aliphatic carbocycles. The van der Waals surface area contributed by atoms with Gasteiger partial charge in [-0.1, -0.05) is 12.1 Å². The van der Waals surface area contributed by atoms with E-state index in [-0.39, 0.29) is 18.2 Å². The number of aliphatic carboxylic acids is 1. The van der Waals surface area contributed by atoms with Gasteiger partial charge in [0.2, 0.25) is 0 Å². The standard InChI is InChI=1S/C12H13NO3S/c14-10-4-2-1-3-9(10)12-13-8(7-17-12)5-6-11(15)16/h1-4,8,14H,5-7H2,(H,15,16)/t8-/m0/s1. The van der Waals surface area contributed by atoms with Gasteiger partial charge in [-0.05, 0) is 18.6 Å². The molecule has 90 valence electrons. The number of aliphatic imine (C=N–C) groups is 1. The number of hydrogen-bond donors (Lipinski definition) is 2. The summed E-state index contributed by atoms with van der Waals surface area (Å²) < 4.78 is 0. The first-order chi connectivity index (χ1) is 8.16. The summed E-state index contributed by atoms with van der Waals surface area (Å²) in [4.78, 5) is 14.9. The SMILES string of the molecule is O=C(O)CC[C@H]1CSC(c2ccccc2O)=N1. The number of carbonyl (C=O) groups is 1. The van der Waals surface area contributed by atoms with E-state index in [9.17, 15) is 9.90 Å². The summed E-state index contributed by atoms with van der Waals surface area (Å²) in [6, 6.07) is 7.11. The average molecular weight is 251 g/mol. The van der Waals surface area contributed by atoms with Gasteiger partial charge < -0.3 is 10.2 Å². The maximum absolute atomic E-state index is 10.5. The minimum atomic E-state index is -0.791. The number of phenols is 1. The van der Waals surface area contributed by atoms with Gasteiger partial charge >= 0.3 is 5.97 Å². The quantitative estimate of drug-likeness (QED) is 0.860. The minimum Gasteiger partial charge on any atom is -0.507 e. The topological polar surface area (TPSA) is 69.9 Å². The first kappa shape index (κ1) is 12.0. The van der Waals surface area contributed by atoms with Crippen LogP contribution in [0.25, 0.3) is 0 Å². The molecule has 1 aliphatic heterocycles. The van der Waals surface area contributed by atoms with Crippen molar-refractivity contribution >= 4 is 22.8 Å². The van der Waals surface area contributed by atoms with Crippen LogP contribution in [0.15, 0.2) is 29.3 Å². The Hall–Kier alpha value is -1.49. The van der Waals surface area contributed by atoms with E-state index in [1.54, 1.807) is 23.9 Å². The molecule has 0 bridgehead atoms. The number of para-hydroxylation sites is 1. The maximum atomic E-state index is 10.5. The number of thioether (sulfide) groups is 1. The molecule has 1 atom stereocenters. The largest absolute Gasteiger partial charge is 0.507 e. The van der Waals surface area contributed by atoms with Crippen LogP contribution in [-0.2, 0) is 4.79 Å². The summed E-state index contributed by atoms with van der Waals surface area (Å²) in [5.41, 5.74) is 0.732. The first-order valence-electron chi connectivity index (χ1n) is 5.37. The van der Waals surface area contributed by atoms with Crippen molar-refractivity contribution in [1.29, 1.82) is 0 Å². The fourth-order valence-corrected chi connectivity index (χ4v) is 2.80. The zero-order valence-corrected chi connectivity index (χ0v) is 9.98. The Bertz CT molecular complexity index is 459. The molecule has 1 heterocycles. The highest BCUT2D eigenvalue weighted by Crippen LogP contribution is 2.29. The summed E-state index contributed by atoms with van der Waals surface area (Å²) in [7, 11) is 0. The van der Waals surface area contributed by atoms with Crippen LogP contribution in [0.3, 0.4) is 0 Å². The van der Waals surface area contributed by atoms with Crippen molar-refractivity contribution in [2.75, 3.05) is 5.75 Å². The zero-order valence-electron chi connectivity index (χ0n) is 9.17. The van der Waals surface area contributed by atoms with Crippen LogP contribution in [0.4, 0.5) is 0 Å². The molecule has 0 unspecified atom stereocenters. The van der Waals surface area contributed by atoms with Crippen LogP contribution in [0.1, 0.15) is 18.4 Å². The van der Waals surface area contributed by atoms with Crippen LogP contribution >= 0.6 is 11.8 Å². The number of aromatic hydroxyl groups is 1. The number of hydrogen-bond acceptors (Lipinski definition) is 4. The van der Waals surface area contributed by atoms with Crippen molar-refractivity contribution in [1.82, 2.24) is 0 Å². The lowest BCUT2D eigenvalue weighted by Crippen LogP contribution is -2.07. The molecule has 2 N–H and O–H groups in total. The molecule has 0 fully saturated rings. The predicted molar refractivity (Wildman–Crippen MR) is 67.8 cm³/mol. The molecule has 2 rings (SSSR count). The average Bonchev–Trinajstić information content (AvgIpc) is 2.75. The van der Waals surface area contributed by atoms with Crippen LogP contribution < -0.4 is 0 Å². The first-order valence-corrected chi connectivity index (χ1v) is 6.36. The Kier molecular flexibility index (Phi) is 3.68. The molecule has 0 amide bonds. The van der Waals surface area contributed by atoms with Gasteiger partial charge in [0.1, 0.15) is 10.8 Å². The molecule has 0 saturated heterocycles. The Morgan fingerprint density at radius 3 is 2.94 bits per heavy atom. The normalized spacial score (nSPS) is 19.1. The summed E-state index contributed by atoms with van der Waals surface area (Å²) in [5, 5.41) is 19.1. The van der Waals surface area contributed by atoms with Gasteiger partial charge in [-0.3, -0.25) is 9.79 Å². The van der Waals surface area contributed by atoms with E-state index >= 15 is 0 Å². The highest BCUT2D eigenvalue weighted by Gasteiger charge is 2.21. The van der Waals surface area contributed by atoms with E-state index in [1.165, 1.54) is 0 Å². The number of rotatable bonds is 4. The number of carboxylic acids is 1. The highest BCUT2D eigenvalue weighted by molar-refractivity contribution is 8.14.